The van der Waals surface area contributed by atoms with E-state index in [1.807, 2.05) is 38.1 Å². The summed E-state index contributed by atoms with van der Waals surface area (Å²) in [6.45, 7) is 3.94. The van der Waals surface area contributed by atoms with Gasteiger partial charge >= 0.3 is 0 Å². The van der Waals surface area contributed by atoms with E-state index in [1.165, 1.54) is 0 Å². The molecule has 0 aliphatic carbocycles. The van der Waals surface area contributed by atoms with Crippen molar-refractivity contribution in [3.8, 4) is 5.75 Å². The first-order valence-corrected chi connectivity index (χ1v) is 6.13. The second-order valence-electron chi connectivity index (χ2n) is 4.38. The Bertz CT molecular complexity index is 542. The molecule has 4 nitrogen and oxygen atoms in total. The lowest BCUT2D eigenvalue weighted by Gasteiger charge is -2.10. The third-order valence-corrected chi connectivity index (χ3v) is 2.43. The summed E-state index contributed by atoms with van der Waals surface area (Å²) in [5.74, 6) is 0.636. The maximum Gasteiger partial charge on any atom is 0.255 e. The highest BCUT2D eigenvalue weighted by Crippen LogP contribution is 2.17. The second kappa shape index (κ2) is 7.50. The molecule has 0 spiro atoms. The molecule has 0 aliphatic rings. The standard InChI is InChI=1S/C15H16N2O2.ClH/c1-11(2)19-14-5-3-13(4-6-14)17-15(18)12-7-9-16-10-8-12;/h3-11H,1-2H3,(H,17,18);1H. The topological polar surface area (TPSA) is 51.2 Å². The van der Waals surface area contributed by atoms with E-state index in [0.717, 1.165) is 11.4 Å². The number of benzene rings is 1. The first kappa shape index (κ1) is 16.0. The summed E-state index contributed by atoms with van der Waals surface area (Å²) in [7, 11) is 0. The van der Waals surface area contributed by atoms with Crippen molar-refractivity contribution >= 4 is 24.0 Å². The Labute approximate surface area is 124 Å². The average Bonchev–Trinajstić information content (AvgIpc) is 2.41. The van der Waals surface area contributed by atoms with E-state index in [9.17, 15) is 4.79 Å². The van der Waals surface area contributed by atoms with Gasteiger partial charge in [0, 0.05) is 23.6 Å². The third kappa shape index (κ3) is 4.55. The fraction of sp³-hybridized carbons (Fsp3) is 0.200. The van der Waals surface area contributed by atoms with Gasteiger partial charge in [0.05, 0.1) is 6.10 Å². The number of aromatic nitrogens is 1. The van der Waals surface area contributed by atoms with Crippen molar-refractivity contribution in [1.82, 2.24) is 4.98 Å². The number of carbonyl (C=O) groups excluding carboxylic acids is 1. The van der Waals surface area contributed by atoms with E-state index >= 15 is 0 Å². The highest BCUT2D eigenvalue weighted by atomic mass is 35.5. The van der Waals surface area contributed by atoms with Gasteiger partial charge < -0.3 is 10.1 Å². The lowest BCUT2D eigenvalue weighted by atomic mass is 10.2. The van der Waals surface area contributed by atoms with Crippen LogP contribution in [0.15, 0.2) is 48.8 Å². The monoisotopic (exact) mass is 292 g/mol. The van der Waals surface area contributed by atoms with Gasteiger partial charge in [-0.3, -0.25) is 9.78 Å². The van der Waals surface area contributed by atoms with E-state index in [2.05, 4.69) is 10.3 Å². The zero-order valence-corrected chi connectivity index (χ0v) is 12.2. The van der Waals surface area contributed by atoms with Crippen LogP contribution in [0.1, 0.15) is 24.2 Å². The van der Waals surface area contributed by atoms with Crippen LogP contribution in [-0.4, -0.2) is 17.0 Å². The minimum absolute atomic E-state index is 0. The minimum Gasteiger partial charge on any atom is -0.491 e. The maximum atomic E-state index is 11.9. The molecule has 0 atom stereocenters. The van der Waals surface area contributed by atoms with Crippen LogP contribution in [0.2, 0.25) is 0 Å². The van der Waals surface area contributed by atoms with Crippen molar-refractivity contribution in [3.05, 3.63) is 54.4 Å². The van der Waals surface area contributed by atoms with Gasteiger partial charge in [0.2, 0.25) is 0 Å². The normalized spacial score (nSPS) is 9.75. The molecule has 1 aromatic heterocycles. The summed E-state index contributed by atoms with van der Waals surface area (Å²) in [5, 5.41) is 2.82. The number of ether oxygens (including phenoxy) is 1. The molecule has 0 saturated carbocycles. The first-order valence-electron chi connectivity index (χ1n) is 6.13. The molecule has 0 bridgehead atoms. The molecule has 0 fully saturated rings. The number of pyridine rings is 1. The molecular formula is C15H17ClN2O2. The van der Waals surface area contributed by atoms with E-state index < -0.39 is 0 Å². The van der Waals surface area contributed by atoms with Crippen LogP contribution in [0.25, 0.3) is 0 Å². The van der Waals surface area contributed by atoms with Crippen LogP contribution in [0.5, 0.6) is 5.75 Å². The van der Waals surface area contributed by atoms with Gasteiger partial charge in [-0.25, -0.2) is 0 Å². The van der Waals surface area contributed by atoms with Crippen LogP contribution in [0.4, 0.5) is 5.69 Å². The summed E-state index contributed by atoms with van der Waals surface area (Å²) < 4.78 is 5.54. The predicted octanol–water partition coefficient (Wildman–Crippen LogP) is 3.54. The average molecular weight is 293 g/mol. The largest absolute Gasteiger partial charge is 0.491 e. The molecule has 1 amide bonds. The van der Waals surface area contributed by atoms with Gasteiger partial charge in [-0.05, 0) is 50.2 Å². The minimum atomic E-state index is -0.153. The Morgan fingerprint density at radius 1 is 1.10 bits per heavy atom. The van der Waals surface area contributed by atoms with Crippen LogP contribution in [0, 0.1) is 0 Å². The number of amides is 1. The van der Waals surface area contributed by atoms with E-state index in [0.29, 0.717) is 5.56 Å². The van der Waals surface area contributed by atoms with Crippen LogP contribution < -0.4 is 10.1 Å². The lowest BCUT2D eigenvalue weighted by Crippen LogP contribution is -2.11. The van der Waals surface area contributed by atoms with Crippen LogP contribution in [0.3, 0.4) is 0 Å². The lowest BCUT2D eigenvalue weighted by molar-refractivity contribution is 0.102. The summed E-state index contributed by atoms with van der Waals surface area (Å²) in [6, 6.07) is 10.6. The number of hydrogen-bond donors (Lipinski definition) is 1. The Balaban J connectivity index is 0.00000200. The van der Waals surface area contributed by atoms with Crippen molar-refractivity contribution < 1.29 is 9.53 Å². The molecule has 5 heteroatoms. The Hall–Kier alpha value is -2.07. The quantitative estimate of drug-likeness (QED) is 0.937. The smallest absolute Gasteiger partial charge is 0.255 e. The second-order valence-corrected chi connectivity index (χ2v) is 4.38. The Morgan fingerprint density at radius 2 is 1.70 bits per heavy atom. The summed E-state index contributed by atoms with van der Waals surface area (Å²) >= 11 is 0. The summed E-state index contributed by atoms with van der Waals surface area (Å²) in [5.41, 5.74) is 1.32. The fourth-order valence-electron chi connectivity index (χ4n) is 1.60. The molecule has 0 aliphatic heterocycles. The first-order chi connectivity index (χ1) is 9.15. The molecule has 1 aromatic carbocycles. The Morgan fingerprint density at radius 3 is 2.25 bits per heavy atom. The van der Waals surface area contributed by atoms with Gasteiger partial charge in [0.1, 0.15) is 5.75 Å². The Kier molecular flexibility index (Phi) is 6.00. The number of halogens is 1. The van der Waals surface area contributed by atoms with Gasteiger partial charge in [0.25, 0.3) is 5.91 Å². The highest BCUT2D eigenvalue weighted by Gasteiger charge is 2.05. The molecule has 0 radical (unpaired) electrons. The van der Waals surface area contributed by atoms with Gasteiger partial charge in [-0.15, -0.1) is 12.4 Å². The summed E-state index contributed by atoms with van der Waals surface area (Å²) in [4.78, 5) is 15.8. The van der Waals surface area contributed by atoms with E-state index in [-0.39, 0.29) is 24.4 Å². The molecule has 2 aromatic rings. The summed E-state index contributed by atoms with van der Waals surface area (Å²) in [6.07, 6.45) is 3.32. The molecule has 0 unspecified atom stereocenters. The van der Waals surface area contributed by atoms with Crippen molar-refractivity contribution in [3.63, 3.8) is 0 Å². The molecule has 2 rings (SSSR count). The zero-order valence-electron chi connectivity index (χ0n) is 11.4. The molecule has 106 valence electrons. The van der Waals surface area contributed by atoms with Gasteiger partial charge in [-0.1, -0.05) is 0 Å². The van der Waals surface area contributed by atoms with Crippen molar-refractivity contribution in [2.75, 3.05) is 5.32 Å². The molecule has 1 heterocycles. The number of nitrogens with one attached hydrogen (secondary N) is 1. The van der Waals surface area contributed by atoms with Crippen molar-refractivity contribution in [2.24, 2.45) is 0 Å². The molecular weight excluding hydrogens is 276 g/mol. The van der Waals surface area contributed by atoms with Crippen LogP contribution in [-0.2, 0) is 0 Å². The number of rotatable bonds is 4. The number of hydrogen-bond acceptors (Lipinski definition) is 3. The fourth-order valence-corrected chi connectivity index (χ4v) is 1.60. The van der Waals surface area contributed by atoms with Crippen molar-refractivity contribution in [2.45, 2.75) is 20.0 Å². The number of anilines is 1. The molecule has 0 saturated heterocycles. The van der Waals surface area contributed by atoms with Gasteiger partial charge in [0.15, 0.2) is 0 Å². The number of nitrogens with zero attached hydrogens (tertiary/aromatic N) is 1. The number of carbonyl (C=O) groups is 1. The van der Waals surface area contributed by atoms with E-state index in [4.69, 9.17) is 4.74 Å². The van der Waals surface area contributed by atoms with Crippen molar-refractivity contribution in [1.29, 1.82) is 0 Å². The SMILES string of the molecule is CC(C)Oc1ccc(NC(=O)c2ccncc2)cc1.Cl. The predicted molar refractivity (Wildman–Crippen MR) is 81.6 cm³/mol. The van der Waals surface area contributed by atoms with E-state index in [1.54, 1.807) is 24.5 Å². The molecule has 1 N–H and O–H groups in total. The van der Waals surface area contributed by atoms with Gasteiger partial charge in [-0.2, -0.15) is 0 Å². The highest BCUT2D eigenvalue weighted by molar-refractivity contribution is 6.04. The molecule has 20 heavy (non-hydrogen) atoms. The zero-order chi connectivity index (χ0) is 13.7. The maximum absolute atomic E-state index is 11.9. The van der Waals surface area contributed by atoms with Crippen LogP contribution >= 0.6 is 12.4 Å². The third-order valence-electron chi connectivity index (χ3n) is 2.43.